The van der Waals surface area contributed by atoms with Gasteiger partial charge in [0.1, 0.15) is 18.2 Å². The molecule has 0 fully saturated rings. The van der Waals surface area contributed by atoms with Crippen LogP contribution in [0.4, 0.5) is 4.79 Å². The molecular weight excluding hydrogens is 428 g/mol. The van der Waals surface area contributed by atoms with Crippen molar-refractivity contribution < 1.29 is 14.3 Å². The van der Waals surface area contributed by atoms with Crippen molar-refractivity contribution in [3.63, 3.8) is 0 Å². The predicted octanol–water partition coefficient (Wildman–Crippen LogP) is 5.02. The number of alkyl carbamates (subject to hydrolysis) is 1. The number of amides is 1. The van der Waals surface area contributed by atoms with Crippen LogP contribution >= 0.6 is 0 Å². The van der Waals surface area contributed by atoms with E-state index >= 15 is 0 Å². The van der Waals surface area contributed by atoms with Crippen molar-refractivity contribution in [1.82, 2.24) is 20.3 Å². The Labute approximate surface area is 197 Å². The number of hydrogen-bond donors (Lipinski definition) is 1. The summed E-state index contributed by atoms with van der Waals surface area (Å²) >= 11 is 0. The Morgan fingerprint density at radius 2 is 1.59 bits per heavy atom. The second kappa shape index (κ2) is 9.09. The molecule has 1 amide bonds. The Kier molecular flexibility index (Phi) is 5.84. The zero-order valence-corrected chi connectivity index (χ0v) is 19.1. The fourth-order valence-corrected chi connectivity index (χ4v) is 4.61. The molecule has 1 N–H and O–H groups in total. The maximum absolute atomic E-state index is 13.3. The largest absolute Gasteiger partial charge is 0.449 e. The lowest BCUT2D eigenvalue weighted by molar-refractivity contribution is 0.0786. The third-order valence-electron chi connectivity index (χ3n) is 6.66. The minimum Gasteiger partial charge on any atom is -0.449 e. The quantitative estimate of drug-likeness (QED) is 0.442. The molecule has 5 rings (SSSR count). The molecule has 2 atom stereocenters. The van der Waals surface area contributed by atoms with E-state index in [1.54, 1.807) is 12.1 Å². The van der Waals surface area contributed by atoms with E-state index < -0.39 is 12.1 Å². The van der Waals surface area contributed by atoms with E-state index in [-0.39, 0.29) is 24.3 Å². The van der Waals surface area contributed by atoms with Crippen molar-refractivity contribution in [3.8, 4) is 11.1 Å². The van der Waals surface area contributed by atoms with Gasteiger partial charge in [-0.15, -0.1) is 5.10 Å². The second-order valence-electron chi connectivity index (χ2n) is 8.66. The smallest absolute Gasteiger partial charge is 0.407 e. The van der Waals surface area contributed by atoms with Gasteiger partial charge in [-0.3, -0.25) is 4.79 Å². The van der Waals surface area contributed by atoms with Gasteiger partial charge in [0, 0.05) is 5.92 Å². The van der Waals surface area contributed by atoms with Crippen LogP contribution in [0.15, 0.2) is 72.8 Å². The number of carbonyl (C=O) groups excluding carboxylic acids is 2. The third kappa shape index (κ3) is 3.83. The molecule has 1 heterocycles. The number of carbonyl (C=O) groups is 2. The van der Waals surface area contributed by atoms with Gasteiger partial charge in [0.25, 0.3) is 5.91 Å². The average molecular weight is 455 g/mol. The lowest BCUT2D eigenvalue weighted by atomic mass is 9.98. The monoisotopic (exact) mass is 454 g/mol. The summed E-state index contributed by atoms with van der Waals surface area (Å²) in [5, 5.41) is 10.9. The van der Waals surface area contributed by atoms with Gasteiger partial charge in [0.2, 0.25) is 0 Å². The minimum atomic E-state index is -0.786. The van der Waals surface area contributed by atoms with E-state index in [1.807, 2.05) is 50.2 Å². The number of fused-ring (bicyclic) bond motifs is 4. The first-order valence-corrected chi connectivity index (χ1v) is 11.5. The zero-order chi connectivity index (χ0) is 23.7. The molecule has 0 saturated carbocycles. The minimum absolute atomic E-state index is 0.0461. The first-order valence-electron chi connectivity index (χ1n) is 11.5. The normalized spacial score (nSPS) is 14.3. The van der Waals surface area contributed by atoms with Crippen molar-refractivity contribution in [2.75, 3.05) is 6.61 Å². The molecule has 7 nitrogen and oxygen atoms in total. The molecule has 0 saturated heterocycles. The molecule has 0 bridgehead atoms. The van der Waals surface area contributed by atoms with Gasteiger partial charge in [-0.2, -0.15) is 4.68 Å². The van der Waals surface area contributed by atoms with Crippen molar-refractivity contribution in [2.24, 2.45) is 5.92 Å². The molecule has 4 aromatic rings. The van der Waals surface area contributed by atoms with Crippen LogP contribution in [0.3, 0.4) is 0 Å². The SMILES string of the molecule is CC[C@H](C)[C@@H](NC(=O)OCC1c2ccccc2-c2ccccc21)C(=O)n1nnc2ccccc21. The van der Waals surface area contributed by atoms with E-state index in [0.717, 1.165) is 22.3 Å². The Hall–Kier alpha value is -4.00. The Morgan fingerprint density at radius 1 is 0.971 bits per heavy atom. The molecule has 0 spiro atoms. The highest BCUT2D eigenvalue weighted by molar-refractivity contribution is 5.93. The van der Waals surface area contributed by atoms with Crippen molar-refractivity contribution in [1.29, 1.82) is 0 Å². The average Bonchev–Trinajstić information content (AvgIpc) is 3.45. The Morgan fingerprint density at radius 3 is 2.26 bits per heavy atom. The van der Waals surface area contributed by atoms with Gasteiger partial charge < -0.3 is 10.1 Å². The summed E-state index contributed by atoms with van der Waals surface area (Å²) in [6.07, 6.45) is 0.0807. The molecule has 34 heavy (non-hydrogen) atoms. The number of ether oxygens (including phenoxy) is 1. The molecule has 7 heteroatoms. The van der Waals surface area contributed by atoms with Gasteiger partial charge in [0.05, 0.1) is 5.52 Å². The van der Waals surface area contributed by atoms with Crippen LogP contribution in [0.1, 0.15) is 42.1 Å². The van der Waals surface area contributed by atoms with Gasteiger partial charge in [-0.25, -0.2) is 4.79 Å². The van der Waals surface area contributed by atoms with E-state index in [1.165, 1.54) is 4.68 Å². The van der Waals surface area contributed by atoms with E-state index in [2.05, 4.69) is 39.9 Å². The first kappa shape index (κ1) is 21.8. The van der Waals surface area contributed by atoms with Crippen LogP contribution in [0.2, 0.25) is 0 Å². The number of aromatic nitrogens is 3. The summed E-state index contributed by atoms with van der Waals surface area (Å²) in [6.45, 7) is 4.09. The van der Waals surface area contributed by atoms with Crippen molar-refractivity contribution in [3.05, 3.63) is 83.9 Å². The molecule has 0 radical (unpaired) electrons. The molecule has 1 aliphatic carbocycles. The summed E-state index contributed by atoms with van der Waals surface area (Å²) < 4.78 is 6.93. The number of rotatable bonds is 6. The number of para-hydroxylation sites is 1. The van der Waals surface area contributed by atoms with Crippen LogP contribution in [-0.4, -0.2) is 39.6 Å². The number of benzene rings is 3. The summed E-state index contributed by atoms with van der Waals surface area (Å²) in [5.74, 6) is -0.498. The fraction of sp³-hybridized carbons (Fsp3) is 0.259. The third-order valence-corrected chi connectivity index (χ3v) is 6.66. The highest BCUT2D eigenvalue weighted by Crippen LogP contribution is 2.44. The molecule has 0 aliphatic heterocycles. The van der Waals surface area contributed by atoms with Crippen LogP contribution in [0, 0.1) is 5.92 Å². The molecule has 172 valence electrons. The Balaban J connectivity index is 1.33. The van der Waals surface area contributed by atoms with Crippen molar-refractivity contribution in [2.45, 2.75) is 32.2 Å². The maximum atomic E-state index is 13.3. The Bertz CT molecular complexity index is 1320. The number of nitrogens with zero attached hydrogens (tertiary/aromatic N) is 3. The molecule has 0 unspecified atom stereocenters. The lowest BCUT2D eigenvalue weighted by Crippen LogP contribution is -2.47. The van der Waals surface area contributed by atoms with Crippen molar-refractivity contribution >= 4 is 23.0 Å². The lowest BCUT2D eigenvalue weighted by Gasteiger charge is -2.23. The fourth-order valence-electron chi connectivity index (χ4n) is 4.61. The van der Waals surface area contributed by atoms with E-state index in [4.69, 9.17) is 4.74 Å². The first-order chi connectivity index (χ1) is 16.6. The molecular formula is C27H26N4O3. The topological polar surface area (TPSA) is 86.1 Å². The van der Waals surface area contributed by atoms with Crippen LogP contribution in [0.5, 0.6) is 0 Å². The highest BCUT2D eigenvalue weighted by atomic mass is 16.5. The molecule has 3 aromatic carbocycles. The summed E-state index contributed by atoms with van der Waals surface area (Å²) in [5.41, 5.74) is 5.84. The van der Waals surface area contributed by atoms with E-state index in [9.17, 15) is 9.59 Å². The maximum Gasteiger partial charge on any atom is 0.407 e. The summed E-state index contributed by atoms with van der Waals surface area (Å²) in [7, 11) is 0. The van der Waals surface area contributed by atoms with Crippen LogP contribution < -0.4 is 5.32 Å². The van der Waals surface area contributed by atoms with Gasteiger partial charge >= 0.3 is 6.09 Å². The van der Waals surface area contributed by atoms with E-state index in [0.29, 0.717) is 17.5 Å². The van der Waals surface area contributed by atoms with Gasteiger partial charge in [0.15, 0.2) is 0 Å². The second-order valence-corrected chi connectivity index (χ2v) is 8.66. The molecule has 1 aromatic heterocycles. The van der Waals surface area contributed by atoms with Crippen LogP contribution in [0.25, 0.3) is 22.2 Å². The summed E-state index contributed by atoms with van der Waals surface area (Å²) in [4.78, 5) is 26.2. The number of hydrogen-bond acceptors (Lipinski definition) is 5. The van der Waals surface area contributed by atoms with Gasteiger partial charge in [-0.1, -0.05) is 86.1 Å². The standard InChI is InChI=1S/C27H26N4O3/c1-3-17(2)25(26(32)31-24-15-9-8-14-23(24)29-30-31)28-27(33)34-16-22-20-12-6-4-10-18(20)19-11-5-7-13-21(19)22/h4-15,17,22,25H,3,16H2,1-2H3,(H,28,33)/t17-,25+/m0/s1. The van der Waals surface area contributed by atoms with Crippen LogP contribution in [-0.2, 0) is 4.74 Å². The molecule has 1 aliphatic rings. The summed E-state index contributed by atoms with van der Waals surface area (Å²) in [6, 6.07) is 22.8. The van der Waals surface area contributed by atoms with Gasteiger partial charge in [-0.05, 0) is 40.3 Å². The highest BCUT2D eigenvalue weighted by Gasteiger charge is 2.32. The predicted molar refractivity (Wildman–Crippen MR) is 130 cm³/mol. The zero-order valence-electron chi connectivity index (χ0n) is 19.1. The number of nitrogens with one attached hydrogen (secondary N) is 1.